The van der Waals surface area contributed by atoms with E-state index < -0.39 is 17.7 Å². The van der Waals surface area contributed by atoms with Gasteiger partial charge in [-0.15, -0.1) is 11.3 Å². The number of esters is 1. The summed E-state index contributed by atoms with van der Waals surface area (Å²) in [5.74, 6) is -0.692. The molecule has 1 aromatic heterocycles. The van der Waals surface area contributed by atoms with Crippen molar-refractivity contribution in [1.82, 2.24) is 4.98 Å². The fourth-order valence-electron chi connectivity index (χ4n) is 1.77. The van der Waals surface area contributed by atoms with E-state index in [1.165, 1.54) is 29.5 Å². The molecular formula is C14H7F3N2O2S. The maximum absolute atomic E-state index is 12.5. The van der Waals surface area contributed by atoms with Gasteiger partial charge in [-0.1, -0.05) is 0 Å². The summed E-state index contributed by atoms with van der Waals surface area (Å²) in [6, 6.07) is 4.24. The van der Waals surface area contributed by atoms with Crippen LogP contribution in [0.5, 0.6) is 0 Å². The second-order valence-electron chi connectivity index (χ2n) is 4.32. The molecule has 0 N–H and O–H groups in total. The summed E-state index contributed by atoms with van der Waals surface area (Å²) >= 11 is 1.36. The number of hydrogen-bond acceptors (Lipinski definition) is 5. The average Bonchev–Trinajstić information content (AvgIpc) is 3.09. The van der Waals surface area contributed by atoms with Crippen LogP contribution < -0.4 is 0 Å². The molecule has 0 unspecified atom stereocenters. The zero-order valence-electron chi connectivity index (χ0n) is 10.8. The predicted octanol–water partition coefficient (Wildman–Crippen LogP) is 3.51. The van der Waals surface area contributed by atoms with Crippen LogP contribution in [-0.2, 0) is 15.7 Å². The van der Waals surface area contributed by atoms with Crippen molar-refractivity contribution < 1.29 is 22.7 Å². The van der Waals surface area contributed by atoms with Gasteiger partial charge in [0, 0.05) is 10.9 Å². The highest BCUT2D eigenvalue weighted by Crippen LogP contribution is 2.29. The lowest BCUT2D eigenvalue weighted by molar-refractivity contribution is -0.137. The highest BCUT2D eigenvalue weighted by molar-refractivity contribution is 7.07. The van der Waals surface area contributed by atoms with Gasteiger partial charge in [0.25, 0.3) is 0 Å². The Morgan fingerprint density at radius 2 is 1.91 bits per heavy atom. The molecule has 1 aliphatic heterocycles. The lowest BCUT2D eigenvalue weighted by Crippen LogP contribution is -2.08. The van der Waals surface area contributed by atoms with E-state index in [-0.39, 0.29) is 11.6 Å². The molecule has 3 rings (SSSR count). The quantitative estimate of drug-likeness (QED) is 0.627. The predicted molar refractivity (Wildman–Crippen MR) is 74.2 cm³/mol. The Labute approximate surface area is 126 Å². The first-order valence-corrected chi connectivity index (χ1v) is 6.96. The van der Waals surface area contributed by atoms with Crippen LogP contribution >= 0.6 is 11.3 Å². The molecule has 0 amide bonds. The molecule has 1 aromatic carbocycles. The summed E-state index contributed by atoms with van der Waals surface area (Å²) in [4.78, 5) is 19.7. The van der Waals surface area contributed by atoms with Gasteiger partial charge in [-0.2, -0.15) is 13.2 Å². The third-order valence-corrected chi connectivity index (χ3v) is 3.42. The second-order valence-corrected chi connectivity index (χ2v) is 5.04. The van der Waals surface area contributed by atoms with E-state index in [0.29, 0.717) is 11.3 Å². The molecule has 1 aliphatic rings. The molecule has 2 aromatic rings. The molecule has 0 spiro atoms. The molecule has 0 atom stereocenters. The summed E-state index contributed by atoms with van der Waals surface area (Å²) < 4.78 is 42.5. The Balaban J connectivity index is 1.88. The van der Waals surface area contributed by atoms with Gasteiger partial charge < -0.3 is 4.74 Å². The van der Waals surface area contributed by atoms with Crippen LogP contribution in [-0.4, -0.2) is 16.9 Å². The van der Waals surface area contributed by atoms with Crippen molar-refractivity contribution in [3.63, 3.8) is 0 Å². The first kappa shape index (κ1) is 14.5. The Bertz CT molecular complexity index is 762. The Morgan fingerprint density at radius 1 is 1.18 bits per heavy atom. The number of carbonyl (C=O) groups is 1. The van der Waals surface area contributed by atoms with Crippen LogP contribution in [0.2, 0.25) is 0 Å². The van der Waals surface area contributed by atoms with Crippen LogP contribution in [0.25, 0.3) is 6.08 Å². The summed E-state index contributed by atoms with van der Waals surface area (Å²) in [6.07, 6.45) is -2.96. The highest BCUT2D eigenvalue weighted by Gasteiger charge is 2.31. The van der Waals surface area contributed by atoms with Gasteiger partial charge in [-0.3, -0.25) is 0 Å². The minimum absolute atomic E-state index is 0.0276. The minimum atomic E-state index is -4.41. The number of cyclic esters (lactones) is 1. The molecule has 112 valence electrons. The molecule has 0 fully saturated rings. The van der Waals surface area contributed by atoms with E-state index in [0.717, 1.165) is 12.1 Å². The summed E-state index contributed by atoms with van der Waals surface area (Å²) in [6.45, 7) is 0. The number of rotatable bonds is 2. The first-order chi connectivity index (χ1) is 10.4. The molecule has 0 saturated carbocycles. The molecule has 0 saturated heterocycles. The molecule has 0 aliphatic carbocycles. The molecule has 0 bridgehead atoms. The van der Waals surface area contributed by atoms with Gasteiger partial charge in [-0.25, -0.2) is 14.8 Å². The number of aromatic nitrogens is 1. The summed E-state index contributed by atoms with van der Waals surface area (Å²) in [5, 5.41) is 1.73. The fraction of sp³-hybridized carbons (Fsp3) is 0.0714. The van der Waals surface area contributed by atoms with Crippen molar-refractivity contribution in [1.29, 1.82) is 0 Å². The van der Waals surface area contributed by atoms with Gasteiger partial charge in [0.05, 0.1) is 16.8 Å². The molecule has 22 heavy (non-hydrogen) atoms. The topological polar surface area (TPSA) is 51.5 Å². The molecule has 0 radical (unpaired) electrons. The number of alkyl halides is 3. The Morgan fingerprint density at radius 3 is 2.50 bits per heavy atom. The highest BCUT2D eigenvalue weighted by atomic mass is 32.1. The number of halogens is 3. The fourth-order valence-corrected chi connectivity index (χ4v) is 2.28. The molecule has 2 heterocycles. The number of aliphatic imine (C=N–C) groups is 1. The van der Waals surface area contributed by atoms with Gasteiger partial charge in [0.2, 0.25) is 5.90 Å². The molecule has 8 heteroatoms. The SMILES string of the molecule is O=C1OC(c2ccc(C(F)(F)F)cc2)=N/C1=C\c1cscn1. The zero-order chi connectivity index (χ0) is 15.7. The first-order valence-electron chi connectivity index (χ1n) is 6.02. The largest absolute Gasteiger partial charge is 0.416 e. The van der Waals surface area contributed by atoms with Crippen molar-refractivity contribution >= 4 is 29.3 Å². The van der Waals surface area contributed by atoms with E-state index in [2.05, 4.69) is 9.98 Å². The second kappa shape index (κ2) is 5.38. The van der Waals surface area contributed by atoms with Crippen molar-refractivity contribution in [2.24, 2.45) is 4.99 Å². The third-order valence-electron chi connectivity index (χ3n) is 2.82. The number of carbonyl (C=O) groups excluding carboxylic acids is 1. The van der Waals surface area contributed by atoms with Gasteiger partial charge in [-0.05, 0) is 30.3 Å². The lowest BCUT2D eigenvalue weighted by Gasteiger charge is -2.06. The maximum Gasteiger partial charge on any atom is 0.416 e. The van der Waals surface area contributed by atoms with Gasteiger partial charge >= 0.3 is 12.1 Å². The zero-order valence-corrected chi connectivity index (χ0v) is 11.6. The normalized spacial score (nSPS) is 16.8. The van der Waals surface area contributed by atoms with Crippen molar-refractivity contribution in [3.05, 3.63) is 57.7 Å². The van der Waals surface area contributed by atoms with E-state index in [1.807, 2.05) is 0 Å². The number of thiazole rings is 1. The standard InChI is InChI=1S/C14H7F3N2O2S/c15-14(16,17)9-3-1-8(2-4-9)12-19-11(13(20)21-12)5-10-6-22-7-18-10/h1-7H/b11-5-. The number of hydrogen-bond donors (Lipinski definition) is 0. The Hall–Kier alpha value is -2.48. The number of nitrogens with zero attached hydrogens (tertiary/aromatic N) is 2. The minimum Gasteiger partial charge on any atom is -0.402 e. The van der Waals surface area contributed by atoms with Crippen molar-refractivity contribution in [2.75, 3.05) is 0 Å². The van der Waals surface area contributed by atoms with Gasteiger partial charge in [0.1, 0.15) is 0 Å². The van der Waals surface area contributed by atoms with Crippen LogP contribution in [0.15, 0.2) is 45.8 Å². The smallest absolute Gasteiger partial charge is 0.402 e. The molecular weight excluding hydrogens is 317 g/mol. The van der Waals surface area contributed by atoms with Gasteiger partial charge in [0.15, 0.2) is 5.70 Å². The van der Waals surface area contributed by atoms with Crippen molar-refractivity contribution in [3.8, 4) is 0 Å². The van der Waals surface area contributed by atoms with E-state index in [4.69, 9.17) is 4.74 Å². The molecule has 4 nitrogen and oxygen atoms in total. The maximum atomic E-state index is 12.5. The van der Waals surface area contributed by atoms with E-state index >= 15 is 0 Å². The van der Waals surface area contributed by atoms with E-state index in [1.54, 1.807) is 10.9 Å². The van der Waals surface area contributed by atoms with Crippen molar-refractivity contribution in [2.45, 2.75) is 6.18 Å². The monoisotopic (exact) mass is 324 g/mol. The number of benzene rings is 1. The summed E-state index contributed by atoms with van der Waals surface area (Å²) in [7, 11) is 0. The Kier molecular flexibility index (Phi) is 3.53. The average molecular weight is 324 g/mol. The van der Waals surface area contributed by atoms with Crippen LogP contribution in [0.1, 0.15) is 16.8 Å². The third kappa shape index (κ3) is 2.91. The van der Waals surface area contributed by atoms with E-state index in [9.17, 15) is 18.0 Å². The van der Waals surface area contributed by atoms with Crippen LogP contribution in [0.4, 0.5) is 13.2 Å². The van der Waals surface area contributed by atoms with Crippen LogP contribution in [0.3, 0.4) is 0 Å². The number of ether oxygens (including phenoxy) is 1. The van der Waals surface area contributed by atoms with Crippen LogP contribution in [0, 0.1) is 0 Å². The lowest BCUT2D eigenvalue weighted by atomic mass is 10.1. The summed E-state index contributed by atoms with van der Waals surface area (Å²) in [5.41, 5.74) is 1.74.